The molecule has 0 amide bonds. The van der Waals surface area contributed by atoms with E-state index in [1.165, 1.54) is 19.3 Å². The fourth-order valence-electron chi connectivity index (χ4n) is 3.15. The van der Waals surface area contributed by atoms with Crippen LogP contribution in [0, 0.1) is 23.2 Å². The van der Waals surface area contributed by atoms with Crippen LogP contribution in [0.25, 0.3) is 0 Å². The SMILES string of the molecule is C=CC1C2CC[C@](C)(CC)C12. The van der Waals surface area contributed by atoms with Gasteiger partial charge < -0.3 is 0 Å². The Hall–Kier alpha value is -0.260. The molecule has 11 heavy (non-hydrogen) atoms. The summed E-state index contributed by atoms with van der Waals surface area (Å²) in [5.74, 6) is 2.91. The van der Waals surface area contributed by atoms with Crippen LogP contribution in [0.4, 0.5) is 0 Å². The van der Waals surface area contributed by atoms with Gasteiger partial charge in [0.15, 0.2) is 0 Å². The number of hydrogen-bond acceptors (Lipinski definition) is 0. The average molecular weight is 150 g/mol. The van der Waals surface area contributed by atoms with Crippen molar-refractivity contribution in [2.45, 2.75) is 33.1 Å². The molecule has 0 radical (unpaired) electrons. The minimum atomic E-state index is 0.670. The quantitative estimate of drug-likeness (QED) is 0.530. The molecule has 2 rings (SSSR count). The monoisotopic (exact) mass is 150 g/mol. The van der Waals surface area contributed by atoms with Gasteiger partial charge in [-0.25, -0.2) is 0 Å². The molecule has 2 saturated carbocycles. The van der Waals surface area contributed by atoms with Crippen molar-refractivity contribution >= 4 is 0 Å². The predicted octanol–water partition coefficient (Wildman–Crippen LogP) is 3.24. The van der Waals surface area contributed by atoms with Crippen LogP contribution < -0.4 is 0 Å². The molecule has 0 aromatic carbocycles. The first-order valence-electron chi connectivity index (χ1n) is 4.85. The summed E-state index contributed by atoms with van der Waals surface area (Å²) in [5, 5.41) is 0. The van der Waals surface area contributed by atoms with Crippen LogP contribution in [0.2, 0.25) is 0 Å². The van der Waals surface area contributed by atoms with Crippen molar-refractivity contribution in [2.24, 2.45) is 23.2 Å². The molecule has 0 bridgehead atoms. The van der Waals surface area contributed by atoms with Crippen molar-refractivity contribution in [1.82, 2.24) is 0 Å². The van der Waals surface area contributed by atoms with Gasteiger partial charge in [0, 0.05) is 0 Å². The molecular formula is C11H18. The van der Waals surface area contributed by atoms with Crippen LogP contribution in [-0.2, 0) is 0 Å². The lowest BCUT2D eigenvalue weighted by atomic mass is 9.80. The van der Waals surface area contributed by atoms with Crippen LogP contribution in [-0.4, -0.2) is 0 Å². The van der Waals surface area contributed by atoms with Gasteiger partial charge in [0.2, 0.25) is 0 Å². The fraction of sp³-hybridized carbons (Fsp3) is 0.818. The van der Waals surface area contributed by atoms with Crippen molar-refractivity contribution in [2.75, 3.05) is 0 Å². The Balaban J connectivity index is 2.12. The molecule has 0 aromatic heterocycles. The molecule has 0 heteroatoms. The third kappa shape index (κ3) is 0.816. The highest BCUT2D eigenvalue weighted by Gasteiger charge is 2.60. The molecule has 0 heterocycles. The Morgan fingerprint density at radius 3 is 2.82 bits per heavy atom. The molecule has 2 fully saturated rings. The predicted molar refractivity (Wildman–Crippen MR) is 48.3 cm³/mol. The van der Waals surface area contributed by atoms with E-state index in [1.807, 2.05) is 0 Å². The molecule has 0 nitrogen and oxygen atoms in total. The average Bonchev–Trinajstić information content (AvgIpc) is 2.66. The highest BCUT2D eigenvalue weighted by Crippen LogP contribution is 2.67. The lowest BCUT2D eigenvalue weighted by Gasteiger charge is -2.25. The van der Waals surface area contributed by atoms with Gasteiger partial charge in [-0.05, 0) is 36.0 Å². The Morgan fingerprint density at radius 1 is 1.64 bits per heavy atom. The van der Waals surface area contributed by atoms with Gasteiger partial charge in [0.25, 0.3) is 0 Å². The van der Waals surface area contributed by atoms with E-state index in [-0.39, 0.29) is 0 Å². The van der Waals surface area contributed by atoms with E-state index < -0.39 is 0 Å². The van der Waals surface area contributed by atoms with E-state index in [0.29, 0.717) is 5.41 Å². The lowest BCUT2D eigenvalue weighted by molar-refractivity contribution is 0.262. The molecule has 0 aromatic rings. The first kappa shape index (κ1) is 7.39. The summed E-state index contributed by atoms with van der Waals surface area (Å²) in [6.07, 6.45) is 6.47. The summed E-state index contributed by atoms with van der Waals surface area (Å²) in [6, 6.07) is 0. The normalized spacial score (nSPS) is 53.8. The van der Waals surface area contributed by atoms with E-state index in [2.05, 4.69) is 26.5 Å². The summed E-state index contributed by atoms with van der Waals surface area (Å²) in [7, 11) is 0. The van der Waals surface area contributed by atoms with Crippen LogP contribution in [0.3, 0.4) is 0 Å². The zero-order valence-electron chi connectivity index (χ0n) is 7.64. The maximum absolute atomic E-state index is 3.91. The standard InChI is InChI=1S/C11H18/c1-4-8-9-6-7-11(3,5-2)10(8)9/h4,8-10H,1,5-7H2,2-3H3/t8?,9?,10?,11-/m0/s1. The largest absolute Gasteiger partial charge is 0.103 e. The second-order valence-electron chi connectivity index (χ2n) is 4.55. The van der Waals surface area contributed by atoms with E-state index in [0.717, 1.165) is 17.8 Å². The molecule has 2 aliphatic carbocycles. The number of hydrogen-bond donors (Lipinski definition) is 0. The van der Waals surface area contributed by atoms with Gasteiger partial charge >= 0.3 is 0 Å². The molecule has 0 saturated heterocycles. The van der Waals surface area contributed by atoms with Crippen molar-refractivity contribution in [1.29, 1.82) is 0 Å². The minimum absolute atomic E-state index is 0.670. The molecule has 3 unspecified atom stereocenters. The Bertz CT molecular complexity index is 182. The van der Waals surface area contributed by atoms with E-state index in [9.17, 15) is 0 Å². The summed E-state index contributed by atoms with van der Waals surface area (Å²) in [5.41, 5.74) is 0.670. The first-order valence-corrected chi connectivity index (χ1v) is 4.85. The van der Waals surface area contributed by atoms with E-state index in [4.69, 9.17) is 0 Å². The Kier molecular flexibility index (Phi) is 1.42. The molecule has 0 N–H and O–H groups in total. The second-order valence-corrected chi connectivity index (χ2v) is 4.55. The summed E-state index contributed by atoms with van der Waals surface area (Å²) in [6.45, 7) is 8.70. The number of fused-ring (bicyclic) bond motifs is 1. The van der Waals surface area contributed by atoms with Crippen molar-refractivity contribution in [3.8, 4) is 0 Å². The second kappa shape index (κ2) is 2.12. The zero-order chi connectivity index (χ0) is 8.06. The van der Waals surface area contributed by atoms with Crippen LogP contribution in [0.5, 0.6) is 0 Å². The van der Waals surface area contributed by atoms with Gasteiger partial charge in [0.05, 0.1) is 0 Å². The van der Waals surface area contributed by atoms with Gasteiger partial charge in [-0.15, -0.1) is 6.58 Å². The van der Waals surface area contributed by atoms with Crippen LogP contribution >= 0.6 is 0 Å². The molecule has 2 aliphatic rings. The third-order valence-electron chi connectivity index (χ3n) is 4.16. The van der Waals surface area contributed by atoms with Gasteiger partial charge in [0.1, 0.15) is 0 Å². The molecule has 0 aliphatic heterocycles. The maximum Gasteiger partial charge on any atom is -0.0168 e. The van der Waals surface area contributed by atoms with Gasteiger partial charge in [-0.3, -0.25) is 0 Å². The van der Waals surface area contributed by atoms with Gasteiger partial charge in [-0.1, -0.05) is 26.3 Å². The Morgan fingerprint density at radius 2 is 2.36 bits per heavy atom. The Labute approximate surface area is 69.7 Å². The van der Waals surface area contributed by atoms with E-state index in [1.54, 1.807) is 0 Å². The smallest absolute Gasteiger partial charge is 0.0168 e. The first-order chi connectivity index (χ1) is 5.23. The van der Waals surface area contributed by atoms with E-state index >= 15 is 0 Å². The highest BCUT2D eigenvalue weighted by molar-refractivity contribution is 5.15. The number of allylic oxidation sites excluding steroid dienone is 1. The van der Waals surface area contributed by atoms with Crippen molar-refractivity contribution < 1.29 is 0 Å². The van der Waals surface area contributed by atoms with Gasteiger partial charge in [-0.2, -0.15) is 0 Å². The third-order valence-corrected chi connectivity index (χ3v) is 4.16. The fourth-order valence-corrected chi connectivity index (χ4v) is 3.15. The summed E-state index contributed by atoms with van der Waals surface area (Å²) < 4.78 is 0. The van der Waals surface area contributed by atoms with Crippen LogP contribution in [0.1, 0.15) is 33.1 Å². The van der Waals surface area contributed by atoms with Crippen molar-refractivity contribution in [3.63, 3.8) is 0 Å². The lowest BCUT2D eigenvalue weighted by Crippen LogP contribution is -2.15. The zero-order valence-corrected chi connectivity index (χ0v) is 7.64. The molecule has 4 atom stereocenters. The topological polar surface area (TPSA) is 0 Å². The molecule has 0 spiro atoms. The minimum Gasteiger partial charge on any atom is -0.103 e. The maximum atomic E-state index is 3.91. The highest BCUT2D eigenvalue weighted by atomic mass is 14.6. The molecule has 62 valence electrons. The van der Waals surface area contributed by atoms with Crippen molar-refractivity contribution in [3.05, 3.63) is 12.7 Å². The summed E-state index contributed by atoms with van der Waals surface area (Å²) >= 11 is 0. The summed E-state index contributed by atoms with van der Waals surface area (Å²) in [4.78, 5) is 0. The molecular weight excluding hydrogens is 132 g/mol. The number of rotatable bonds is 2. The van der Waals surface area contributed by atoms with Crippen LogP contribution in [0.15, 0.2) is 12.7 Å².